The average molecular weight is 331 g/mol. The molecule has 0 aliphatic heterocycles. The summed E-state index contributed by atoms with van der Waals surface area (Å²) in [6, 6.07) is 6.51. The molecule has 1 N–H and O–H groups in total. The third-order valence-electron chi connectivity index (χ3n) is 2.55. The second-order valence-electron chi connectivity index (χ2n) is 3.96. The second-order valence-corrected chi connectivity index (χ2v) is 5.28. The lowest BCUT2D eigenvalue weighted by atomic mass is 10.2. The van der Waals surface area contributed by atoms with Gasteiger partial charge in [-0.1, -0.05) is 11.6 Å². The molecule has 1 unspecified atom stereocenters. The highest BCUT2D eigenvalue weighted by molar-refractivity contribution is 7.79. The zero-order valence-electron chi connectivity index (χ0n) is 10.2. The first-order valence-electron chi connectivity index (χ1n) is 5.53. The van der Waals surface area contributed by atoms with Crippen molar-refractivity contribution >= 4 is 34.3 Å². The molecule has 1 amide bonds. The van der Waals surface area contributed by atoms with Crippen molar-refractivity contribution < 1.29 is 22.3 Å². The summed E-state index contributed by atoms with van der Waals surface area (Å²) >= 11 is 3.09. The minimum atomic E-state index is -2.59. The molecule has 2 aromatic rings. The smallest absolute Gasteiger partial charge is 0.255 e. The number of carbonyl (C=O) groups excluding carboxylic acids is 1. The van der Waals surface area contributed by atoms with E-state index in [1.165, 1.54) is 18.2 Å². The van der Waals surface area contributed by atoms with Crippen molar-refractivity contribution in [2.45, 2.75) is 4.90 Å². The zero-order chi connectivity index (χ0) is 15.6. The summed E-state index contributed by atoms with van der Waals surface area (Å²) in [6.45, 7) is 0. The summed E-state index contributed by atoms with van der Waals surface area (Å²) in [7, 11) is 0. The molecule has 0 saturated carbocycles. The molecule has 21 heavy (non-hydrogen) atoms. The normalized spacial score (nSPS) is 12.0. The van der Waals surface area contributed by atoms with Crippen molar-refractivity contribution in [2.75, 3.05) is 5.32 Å². The number of carbonyl (C=O) groups is 1. The van der Waals surface area contributed by atoms with E-state index >= 15 is 0 Å². The van der Waals surface area contributed by atoms with Gasteiger partial charge in [0.15, 0.2) is 11.6 Å². The summed E-state index contributed by atoms with van der Waals surface area (Å²) in [5.41, 5.74) is 0.0574. The fourth-order valence-electron chi connectivity index (χ4n) is 1.55. The molecule has 1 atom stereocenters. The van der Waals surface area contributed by atoms with Crippen molar-refractivity contribution in [3.8, 4) is 0 Å². The third kappa shape index (κ3) is 3.63. The first-order valence-corrected chi connectivity index (χ1v) is 6.99. The highest BCUT2D eigenvalue weighted by Crippen LogP contribution is 2.21. The van der Waals surface area contributed by atoms with E-state index in [1.54, 1.807) is 0 Å². The Hall–Kier alpha value is -1.83. The first-order chi connectivity index (χ1) is 9.88. The monoisotopic (exact) mass is 330 g/mol. The van der Waals surface area contributed by atoms with Crippen LogP contribution in [-0.4, -0.2) is 14.7 Å². The lowest BCUT2D eigenvalue weighted by molar-refractivity contribution is 0.102. The Morgan fingerprint density at radius 3 is 2.48 bits per heavy atom. The summed E-state index contributed by atoms with van der Waals surface area (Å²) < 4.78 is 47.7. The van der Waals surface area contributed by atoms with E-state index in [1.807, 2.05) is 0 Å². The van der Waals surface area contributed by atoms with Gasteiger partial charge < -0.3 is 9.87 Å². The molecular weight excluding hydrogens is 324 g/mol. The molecular formula is C13H7ClF2NO3S-. The second kappa shape index (κ2) is 6.30. The van der Waals surface area contributed by atoms with E-state index < -0.39 is 28.6 Å². The molecule has 4 nitrogen and oxygen atoms in total. The summed E-state index contributed by atoms with van der Waals surface area (Å²) in [4.78, 5) is 11.7. The van der Waals surface area contributed by atoms with Crippen LogP contribution in [0.5, 0.6) is 0 Å². The van der Waals surface area contributed by atoms with Gasteiger partial charge in [0.1, 0.15) is 0 Å². The van der Waals surface area contributed by atoms with E-state index in [-0.39, 0.29) is 21.2 Å². The van der Waals surface area contributed by atoms with E-state index in [0.29, 0.717) is 0 Å². The number of nitrogens with one attached hydrogen (secondary N) is 1. The third-order valence-corrected chi connectivity index (χ3v) is 3.69. The minimum absolute atomic E-state index is 0.0170. The van der Waals surface area contributed by atoms with Crippen molar-refractivity contribution in [1.82, 2.24) is 0 Å². The number of halogens is 3. The molecule has 0 heterocycles. The number of hydrogen-bond donors (Lipinski definition) is 1. The fourth-order valence-corrected chi connectivity index (χ4v) is 2.31. The highest BCUT2D eigenvalue weighted by atomic mass is 35.5. The van der Waals surface area contributed by atoms with Crippen LogP contribution in [0, 0.1) is 11.6 Å². The van der Waals surface area contributed by atoms with Gasteiger partial charge in [0.2, 0.25) is 0 Å². The SMILES string of the molecule is O=C(Nc1ccc(F)c(F)c1)c1ccc(Cl)c(S(=O)[O-])c1. The van der Waals surface area contributed by atoms with Crippen LogP contribution in [0.2, 0.25) is 5.02 Å². The molecule has 0 saturated heterocycles. The van der Waals surface area contributed by atoms with Crippen molar-refractivity contribution in [3.05, 3.63) is 58.6 Å². The number of anilines is 1. The first kappa shape index (κ1) is 15.6. The molecule has 0 spiro atoms. The molecule has 2 aromatic carbocycles. The van der Waals surface area contributed by atoms with Crippen LogP contribution in [-0.2, 0) is 11.1 Å². The van der Waals surface area contributed by atoms with Crippen molar-refractivity contribution in [3.63, 3.8) is 0 Å². The lowest BCUT2D eigenvalue weighted by Gasteiger charge is -2.10. The molecule has 0 aliphatic rings. The van der Waals surface area contributed by atoms with E-state index in [0.717, 1.165) is 18.2 Å². The Kier molecular flexibility index (Phi) is 4.66. The van der Waals surface area contributed by atoms with Gasteiger partial charge in [0, 0.05) is 22.2 Å². The number of amides is 1. The molecule has 8 heteroatoms. The molecule has 0 fully saturated rings. The van der Waals surface area contributed by atoms with Gasteiger partial charge >= 0.3 is 0 Å². The predicted molar refractivity (Wildman–Crippen MR) is 72.9 cm³/mol. The molecule has 0 bridgehead atoms. The van der Waals surface area contributed by atoms with Gasteiger partial charge in [0.05, 0.1) is 5.02 Å². The van der Waals surface area contributed by atoms with E-state index in [2.05, 4.69) is 5.32 Å². The maximum absolute atomic E-state index is 13.0. The topological polar surface area (TPSA) is 69.2 Å². The summed E-state index contributed by atoms with van der Waals surface area (Å²) in [5.74, 6) is -2.82. The van der Waals surface area contributed by atoms with Gasteiger partial charge in [-0.25, -0.2) is 8.78 Å². The van der Waals surface area contributed by atoms with Crippen LogP contribution < -0.4 is 5.32 Å². The number of benzene rings is 2. The maximum Gasteiger partial charge on any atom is 0.255 e. The molecule has 0 aromatic heterocycles. The average Bonchev–Trinajstić information content (AvgIpc) is 2.43. The zero-order valence-corrected chi connectivity index (χ0v) is 11.8. The van der Waals surface area contributed by atoms with Crippen LogP contribution in [0.15, 0.2) is 41.3 Å². The molecule has 110 valence electrons. The van der Waals surface area contributed by atoms with Crippen LogP contribution in [0.4, 0.5) is 14.5 Å². The lowest BCUT2D eigenvalue weighted by Crippen LogP contribution is -2.12. The Morgan fingerprint density at radius 2 is 1.86 bits per heavy atom. The largest absolute Gasteiger partial charge is 0.768 e. The Morgan fingerprint density at radius 1 is 1.14 bits per heavy atom. The van der Waals surface area contributed by atoms with Crippen LogP contribution in [0.25, 0.3) is 0 Å². The molecule has 2 rings (SSSR count). The number of rotatable bonds is 3. The van der Waals surface area contributed by atoms with Crippen LogP contribution in [0.3, 0.4) is 0 Å². The standard InChI is InChI=1S/C13H8ClF2NO3S/c14-9-3-1-7(5-12(9)21(19)20)13(18)17-8-2-4-10(15)11(16)6-8/h1-6H,(H,17,18)(H,19,20)/p-1. The Balaban J connectivity index is 2.26. The summed E-state index contributed by atoms with van der Waals surface area (Å²) in [5, 5.41) is 2.30. The van der Waals surface area contributed by atoms with Gasteiger partial charge in [-0.2, -0.15) is 0 Å². The van der Waals surface area contributed by atoms with Gasteiger partial charge in [-0.3, -0.25) is 9.00 Å². The molecule has 0 radical (unpaired) electrons. The van der Waals surface area contributed by atoms with Gasteiger partial charge in [0.25, 0.3) is 5.91 Å². The van der Waals surface area contributed by atoms with Gasteiger partial charge in [-0.15, -0.1) is 0 Å². The van der Waals surface area contributed by atoms with Crippen LogP contribution in [0.1, 0.15) is 10.4 Å². The summed E-state index contributed by atoms with van der Waals surface area (Å²) in [6.07, 6.45) is 0. The minimum Gasteiger partial charge on any atom is -0.768 e. The van der Waals surface area contributed by atoms with E-state index in [9.17, 15) is 22.3 Å². The van der Waals surface area contributed by atoms with Crippen LogP contribution >= 0.6 is 11.6 Å². The Labute approximate surface area is 126 Å². The van der Waals surface area contributed by atoms with Crippen molar-refractivity contribution in [2.24, 2.45) is 0 Å². The molecule has 0 aliphatic carbocycles. The predicted octanol–water partition coefficient (Wildman–Crippen LogP) is 3.11. The highest BCUT2D eigenvalue weighted by Gasteiger charge is 2.11. The number of hydrogen-bond acceptors (Lipinski definition) is 3. The van der Waals surface area contributed by atoms with E-state index in [4.69, 9.17) is 11.6 Å². The Bertz CT molecular complexity index is 739. The van der Waals surface area contributed by atoms with Crippen molar-refractivity contribution in [1.29, 1.82) is 0 Å². The van der Waals surface area contributed by atoms with Gasteiger partial charge in [-0.05, 0) is 41.4 Å². The maximum atomic E-state index is 13.0. The quantitative estimate of drug-likeness (QED) is 0.879. The fraction of sp³-hybridized carbons (Fsp3) is 0.